The Hall–Kier alpha value is -2.13. The number of furan rings is 1. The average molecular weight is 256 g/mol. The number of fused-ring (bicyclic) bond motifs is 1. The number of rotatable bonds is 3. The molecule has 0 amide bonds. The van der Waals surface area contributed by atoms with Crippen LogP contribution in [-0.4, -0.2) is 11.7 Å². The largest absolute Gasteiger partial charge is 0.461 e. The third kappa shape index (κ3) is 2.37. The van der Waals surface area contributed by atoms with Crippen molar-refractivity contribution >= 4 is 11.0 Å². The molecule has 96 valence electrons. The van der Waals surface area contributed by atoms with Crippen molar-refractivity contribution in [3.8, 4) is 11.1 Å². The second kappa shape index (κ2) is 4.86. The molecule has 0 aliphatic carbocycles. The maximum Gasteiger partial charge on any atom is 0.134 e. The van der Waals surface area contributed by atoms with E-state index in [1.165, 1.54) is 12.1 Å². The second-order valence-corrected chi connectivity index (χ2v) is 4.45. The highest BCUT2D eigenvalue weighted by Crippen LogP contribution is 2.27. The molecule has 1 heterocycles. The van der Waals surface area contributed by atoms with E-state index >= 15 is 0 Å². The van der Waals surface area contributed by atoms with Crippen molar-refractivity contribution in [3.05, 3.63) is 60.1 Å². The van der Waals surface area contributed by atoms with E-state index < -0.39 is 0 Å². The van der Waals surface area contributed by atoms with Crippen molar-refractivity contribution in [2.24, 2.45) is 0 Å². The highest BCUT2D eigenvalue weighted by molar-refractivity contribution is 5.84. The predicted octanol–water partition coefficient (Wildman–Crippen LogP) is 3.77. The van der Waals surface area contributed by atoms with Gasteiger partial charge in [-0.25, -0.2) is 4.39 Å². The molecule has 3 rings (SSSR count). The lowest BCUT2D eigenvalue weighted by Gasteiger charge is -2.01. The number of hydrogen-bond acceptors (Lipinski definition) is 2. The van der Waals surface area contributed by atoms with E-state index in [1.54, 1.807) is 12.1 Å². The van der Waals surface area contributed by atoms with Gasteiger partial charge in [0.25, 0.3) is 0 Å². The lowest BCUT2D eigenvalue weighted by atomic mass is 10.0. The molecule has 0 unspecified atom stereocenters. The van der Waals surface area contributed by atoms with Gasteiger partial charge in [-0.1, -0.05) is 18.2 Å². The molecule has 0 saturated heterocycles. The fourth-order valence-electron chi connectivity index (χ4n) is 2.15. The standard InChI is InChI=1S/C16H13FO2/c17-14-4-1-11(2-5-14)12-3-6-16-13(9-12)10-15(19-16)7-8-18/h1-6,9-10,18H,7-8H2. The summed E-state index contributed by atoms with van der Waals surface area (Å²) in [6.45, 7) is 0.0740. The van der Waals surface area contributed by atoms with Crippen molar-refractivity contribution in [3.63, 3.8) is 0 Å². The minimum Gasteiger partial charge on any atom is -0.461 e. The van der Waals surface area contributed by atoms with Crippen LogP contribution in [0.1, 0.15) is 5.76 Å². The first-order valence-electron chi connectivity index (χ1n) is 6.15. The van der Waals surface area contributed by atoms with Gasteiger partial charge in [-0.2, -0.15) is 0 Å². The molecule has 2 aromatic carbocycles. The van der Waals surface area contributed by atoms with Crippen LogP contribution in [0.15, 0.2) is 52.9 Å². The topological polar surface area (TPSA) is 33.4 Å². The van der Waals surface area contributed by atoms with E-state index in [4.69, 9.17) is 9.52 Å². The summed E-state index contributed by atoms with van der Waals surface area (Å²) < 4.78 is 18.5. The second-order valence-electron chi connectivity index (χ2n) is 4.45. The summed E-state index contributed by atoms with van der Waals surface area (Å²) >= 11 is 0. The third-order valence-corrected chi connectivity index (χ3v) is 3.10. The SMILES string of the molecule is OCCc1cc2cc(-c3ccc(F)cc3)ccc2o1. The highest BCUT2D eigenvalue weighted by Gasteiger charge is 2.05. The van der Waals surface area contributed by atoms with Crippen molar-refractivity contribution < 1.29 is 13.9 Å². The van der Waals surface area contributed by atoms with E-state index in [0.29, 0.717) is 6.42 Å². The summed E-state index contributed by atoms with van der Waals surface area (Å²) in [7, 11) is 0. The van der Waals surface area contributed by atoms with Gasteiger partial charge in [-0.3, -0.25) is 0 Å². The van der Waals surface area contributed by atoms with Gasteiger partial charge in [0.2, 0.25) is 0 Å². The van der Waals surface area contributed by atoms with Crippen LogP contribution in [0.4, 0.5) is 4.39 Å². The normalized spacial score (nSPS) is 11.1. The monoisotopic (exact) mass is 256 g/mol. The van der Waals surface area contributed by atoms with Crippen LogP contribution in [0.3, 0.4) is 0 Å². The van der Waals surface area contributed by atoms with Crippen molar-refractivity contribution in [1.29, 1.82) is 0 Å². The summed E-state index contributed by atoms with van der Waals surface area (Å²) in [5.74, 6) is 0.534. The zero-order valence-corrected chi connectivity index (χ0v) is 10.3. The van der Waals surface area contributed by atoms with Crippen LogP contribution in [0.2, 0.25) is 0 Å². The van der Waals surface area contributed by atoms with Crippen molar-refractivity contribution in [1.82, 2.24) is 0 Å². The molecule has 0 aliphatic rings. The Labute approximate surface area is 110 Å². The first-order chi connectivity index (χ1) is 9.26. The average Bonchev–Trinajstić information content (AvgIpc) is 2.81. The summed E-state index contributed by atoms with van der Waals surface area (Å²) in [5.41, 5.74) is 2.78. The van der Waals surface area contributed by atoms with Crippen LogP contribution < -0.4 is 0 Å². The number of aliphatic hydroxyl groups is 1. The maximum absolute atomic E-state index is 12.9. The van der Waals surface area contributed by atoms with Crippen LogP contribution >= 0.6 is 0 Å². The fraction of sp³-hybridized carbons (Fsp3) is 0.125. The number of halogens is 1. The Morgan fingerprint density at radius 2 is 1.68 bits per heavy atom. The molecule has 1 N–H and O–H groups in total. The smallest absolute Gasteiger partial charge is 0.134 e. The van der Waals surface area contributed by atoms with Crippen molar-refractivity contribution in [2.75, 3.05) is 6.61 Å². The van der Waals surface area contributed by atoms with Gasteiger partial charge in [-0.15, -0.1) is 0 Å². The fourth-order valence-corrected chi connectivity index (χ4v) is 2.15. The summed E-state index contributed by atoms with van der Waals surface area (Å²) in [6, 6.07) is 14.2. The molecule has 0 fully saturated rings. The molecule has 3 heteroatoms. The lowest BCUT2D eigenvalue weighted by Crippen LogP contribution is -1.85. The Bertz CT molecular complexity index is 698. The van der Waals surface area contributed by atoms with E-state index in [9.17, 15) is 4.39 Å². The van der Waals surface area contributed by atoms with Gasteiger partial charge in [-0.05, 0) is 41.5 Å². The zero-order chi connectivity index (χ0) is 13.2. The van der Waals surface area contributed by atoms with Crippen molar-refractivity contribution in [2.45, 2.75) is 6.42 Å². The molecule has 0 atom stereocenters. The maximum atomic E-state index is 12.9. The predicted molar refractivity (Wildman–Crippen MR) is 72.4 cm³/mol. The molecule has 0 spiro atoms. The van der Waals surface area contributed by atoms with Crippen LogP contribution in [0.25, 0.3) is 22.1 Å². The number of benzene rings is 2. The Balaban J connectivity index is 2.03. The Morgan fingerprint density at radius 1 is 0.947 bits per heavy atom. The quantitative estimate of drug-likeness (QED) is 0.773. The first-order valence-corrected chi connectivity index (χ1v) is 6.15. The molecule has 19 heavy (non-hydrogen) atoms. The molecule has 0 bridgehead atoms. The molecule has 0 radical (unpaired) electrons. The van der Waals surface area contributed by atoms with Gasteiger partial charge >= 0.3 is 0 Å². The van der Waals surface area contributed by atoms with Gasteiger partial charge in [0.15, 0.2) is 0 Å². The van der Waals surface area contributed by atoms with E-state index in [1.807, 2.05) is 24.3 Å². The van der Waals surface area contributed by atoms with Gasteiger partial charge in [0.1, 0.15) is 17.2 Å². The van der Waals surface area contributed by atoms with E-state index in [2.05, 4.69) is 0 Å². The van der Waals surface area contributed by atoms with Gasteiger partial charge in [0.05, 0.1) is 6.61 Å². The van der Waals surface area contributed by atoms with Crippen LogP contribution in [-0.2, 0) is 6.42 Å². The lowest BCUT2D eigenvalue weighted by molar-refractivity contribution is 0.289. The minimum atomic E-state index is -0.238. The molecular formula is C16H13FO2. The molecule has 1 aromatic heterocycles. The Morgan fingerprint density at radius 3 is 2.42 bits per heavy atom. The highest BCUT2D eigenvalue weighted by atomic mass is 19.1. The molecule has 0 aliphatic heterocycles. The molecule has 0 saturated carbocycles. The van der Waals surface area contributed by atoms with E-state index in [0.717, 1.165) is 27.9 Å². The van der Waals surface area contributed by atoms with Gasteiger partial charge in [0, 0.05) is 11.8 Å². The molecular weight excluding hydrogens is 243 g/mol. The Kier molecular flexibility index (Phi) is 3.05. The first kappa shape index (κ1) is 11.9. The molecule has 2 nitrogen and oxygen atoms in total. The van der Waals surface area contributed by atoms with Crippen LogP contribution in [0, 0.1) is 5.82 Å². The van der Waals surface area contributed by atoms with E-state index in [-0.39, 0.29) is 12.4 Å². The van der Waals surface area contributed by atoms with Gasteiger partial charge < -0.3 is 9.52 Å². The molecule has 3 aromatic rings. The zero-order valence-electron chi connectivity index (χ0n) is 10.3. The number of aliphatic hydroxyl groups excluding tert-OH is 1. The van der Waals surface area contributed by atoms with Crippen LogP contribution in [0.5, 0.6) is 0 Å². The summed E-state index contributed by atoms with van der Waals surface area (Å²) in [6.07, 6.45) is 0.514. The third-order valence-electron chi connectivity index (χ3n) is 3.10. The summed E-state index contributed by atoms with van der Waals surface area (Å²) in [5, 5.41) is 9.90. The summed E-state index contributed by atoms with van der Waals surface area (Å²) in [4.78, 5) is 0. The number of hydrogen-bond donors (Lipinski definition) is 1. The minimum absolute atomic E-state index is 0.0740.